The molecule has 0 bridgehead atoms. The normalized spacial score (nSPS) is 37.7. The standard InChI is InChI=1S/C27H44O2/c1-19(18-28)7-5-8-21(3)25-14-15-26-22(9-6-16-27(25,26)4)11-12-23-17-24(29)13-10-20(23)2/h11-12,19,21,24-26,28-29H,2,5-10,13-18H2,1,3-4H3/b22-11+,23-12-/t19-,21-,24+,25-,26+,27-/m1/s1. The van der Waals surface area contributed by atoms with Crippen LogP contribution in [-0.2, 0) is 0 Å². The molecule has 2 N–H and O–H groups in total. The molecule has 3 fully saturated rings. The number of hydrogen-bond donors (Lipinski definition) is 2. The zero-order valence-corrected chi connectivity index (χ0v) is 19.1. The molecule has 3 rings (SSSR count). The van der Waals surface area contributed by atoms with Crippen molar-refractivity contribution >= 4 is 0 Å². The maximum Gasteiger partial charge on any atom is 0.0583 e. The van der Waals surface area contributed by atoms with Crippen molar-refractivity contribution in [3.8, 4) is 0 Å². The van der Waals surface area contributed by atoms with Crippen LogP contribution in [0.3, 0.4) is 0 Å². The zero-order chi connectivity index (χ0) is 21.0. The van der Waals surface area contributed by atoms with Crippen molar-refractivity contribution in [3.05, 3.63) is 35.5 Å². The first kappa shape index (κ1) is 22.8. The molecular formula is C27H44O2. The largest absolute Gasteiger partial charge is 0.396 e. The lowest BCUT2D eigenvalue weighted by molar-refractivity contribution is 0.0922. The van der Waals surface area contributed by atoms with Gasteiger partial charge in [0.05, 0.1) is 6.10 Å². The Morgan fingerprint density at radius 1 is 1.14 bits per heavy atom. The van der Waals surface area contributed by atoms with E-state index in [9.17, 15) is 10.2 Å². The molecule has 29 heavy (non-hydrogen) atoms. The highest BCUT2D eigenvalue weighted by Crippen LogP contribution is 2.59. The van der Waals surface area contributed by atoms with Crippen molar-refractivity contribution in [1.82, 2.24) is 0 Å². The van der Waals surface area contributed by atoms with Crippen LogP contribution in [0.2, 0.25) is 0 Å². The Balaban J connectivity index is 1.67. The van der Waals surface area contributed by atoms with Crippen LogP contribution in [0.1, 0.15) is 91.4 Å². The maximum absolute atomic E-state index is 10.0. The van der Waals surface area contributed by atoms with Crippen molar-refractivity contribution in [2.45, 2.75) is 97.5 Å². The number of hydrogen-bond acceptors (Lipinski definition) is 2. The molecule has 2 heteroatoms. The lowest BCUT2D eigenvalue weighted by Crippen LogP contribution is -2.36. The van der Waals surface area contributed by atoms with Gasteiger partial charge in [-0.2, -0.15) is 0 Å². The van der Waals surface area contributed by atoms with E-state index in [1.807, 2.05) is 0 Å². The van der Waals surface area contributed by atoms with E-state index in [-0.39, 0.29) is 6.10 Å². The van der Waals surface area contributed by atoms with E-state index in [0.29, 0.717) is 17.9 Å². The number of fused-ring (bicyclic) bond motifs is 1. The topological polar surface area (TPSA) is 40.5 Å². The minimum absolute atomic E-state index is 0.188. The van der Waals surface area contributed by atoms with Crippen LogP contribution in [-0.4, -0.2) is 22.9 Å². The molecule has 0 radical (unpaired) electrons. The SMILES string of the molecule is C=C1CC[C@H](O)C/C1=C/C=C1\CCC[C@]2(C)[C@@H]([C@H](C)CCC[C@@H](C)CO)CC[C@@H]12. The van der Waals surface area contributed by atoms with Gasteiger partial charge in [0, 0.05) is 6.61 Å². The van der Waals surface area contributed by atoms with E-state index in [2.05, 4.69) is 39.5 Å². The van der Waals surface area contributed by atoms with Crippen molar-refractivity contribution in [2.75, 3.05) is 6.61 Å². The fourth-order valence-electron chi connectivity index (χ4n) is 6.69. The summed E-state index contributed by atoms with van der Waals surface area (Å²) in [6, 6.07) is 0. The van der Waals surface area contributed by atoms with Crippen LogP contribution < -0.4 is 0 Å². The molecule has 2 nitrogen and oxygen atoms in total. The molecular weight excluding hydrogens is 356 g/mol. The number of aliphatic hydroxyl groups is 2. The summed E-state index contributed by atoms with van der Waals surface area (Å²) >= 11 is 0. The maximum atomic E-state index is 10.0. The summed E-state index contributed by atoms with van der Waals surface area (Å²) in [5.74, 6) is 2.79. The summed E-state index contributed by atoms with van der Waals surface area (Å²) in [5.41, 5.74) is 4.60. The van der Waals surface area contributed by atoms with Crippen LogP contribution in [0.15, 0.2) is 35.5 Å². The van der Waals surface area contributed by atoms with E-state index in [1.54, 1.807) is 5.57 Å². The summed E-state index contributed by atoms with van der Waals surface area (Å²) in [4.78, 5) is 0. The molecule has 0 saturated heterocycles. The second-order valence-electron chi connectivity index (χ2n) is 10.7. The molecule has 6 atom stereocenters. The summed E-state index contributed by atoms with van der Waals surface area (Å²) in [7, 11) is 0. The molecule has 0 amide bonds. The van der Waals surface area contributed by atoms with Gasteiger partial charge in [0.1, 0.15) is 0 Å². The van der Waals surface area contributed by atoms with Gasteiger partial charge in [-0.3, -0.25) is 0 Å². The molecule has 164 valence electrons. The number of aliphatic hydroxyl groups excluding tert-OH is 2. The van der Waals surface area contributed by atoms with Crippen LogP contribution in [0, 0.1) is 29.1 Å². The van der Waals surface area contributed by atoms with Crippen LogP contribution >= 0.6 is 0 Å². The van der Waals surface area contributed by atoms with Gasteiger partial charge in [0.15, 0.2) is 0 Å². The summed E-state index contributed by atoms with van der Waals surface area (Å²) in [6.07, 6.45) is 17.5. The quantitative estimate of drug-likeness (QED) is 0.506. The molecule has 3 saturated carbocycles. The average molecular weight is 401 g/mol. The van der Waals surface area contributed by atoms with E-state index in [4.69, 9.17) is 0 Å². The van der Waals surface area contributed by atoms with E-state index < -0.39 is 0 Å². The Morgan fingerprint density at radius 2 is 1.93 bits per heavy atom. The van der Waals surface area contributed by atoms with Crippen LogP contribution in [0.5, 0.6) is 0 Å². The molecule has 3 aliphatic carbocycles. The van der Waals surface area contributed by atoms with Gasteiger partial charge in [-0.1, -0.05) is 63.5 Å². The molecule has 0 spiro atoms. The third-order valence-electron chi connectivity index (χ3n) is 8.58. The Bertz CT molecular complexity index is 630. The Hall–Kier alpha value is -0.860. The monoisotopic (exact) mass is 400 g/mol. The van der Waals surface area contributed by atoms with Crippen molar-refractivity contribution in [3.63, 3.8) is 0 Å². The van der Waals surface area contributed by atoms with Gasteiger partial charge in [-0.05, 0) is 92.4 Å². The Labute approximate surface area is 179 Å². The number of allylic oxidation sites excluding steroid dienone is 4. The van der Waals surface area contributed by atoms with Crippen molar-refractivity contribution < 1.29 is 10.2 Å². The van der Waals surface area contributed by atoms with Crippen LogP contribution in [0.25, 0.3) is 0 Å². The van der Waals surface area contributed by atoms with Crippen molar-refractivity contribution in [2.24, 2.45) is 29.1 Å². The Kier molecular flexibility index (Phi) is 7.84. The molecule has 0 aromatic carbocycles. The minimum atomic E-state index is -0.188. The molecule has 0 aromatic rings. The molecule has 0 aromatic heterocycles. The third kappa shape index (κ3) is 5.25. The van der Waals surface area contributed by atoms with Crippen molar-refractivity contribution in [1.29, 1.82) is 0 Å². The first-order valence-corrected chi connectivity index (χ1v) is 12.2. The lowest BCUT2D eigenvalue weighted by atomic mass is 9.60. The fourth-order valence-corrected chi connectivity index (χ4v) is 6.69. The van der Waals surface area contributed by atoms with Crippen LogP contribution in [0.4, 0.5) is 0 Å². The second kappa shape index (κ2) is 9.96. The zero-order valence-electron chi connectivity index (χ0n) is 19.1. The first-order chi connectivity index (χ1) is 13.8. The predicted octanol–water partition coefficient (Wildman–Crippen LogP) is 6.59. The Morgan fingerprint density at radius 3 is 2.69 bits per heavy atom. The second-order valence-corrected chi connectivity index (χ2v) is 10.7. The third-order valence-corrected chi connectivity index (χ3v) is 8.58. The minimum Gasteiger partial charge on any atom is -0.396 e. The average Bonchev–Trinajstić information content (AvgIpc) is 3.06. The highest BCUT2D eigenvalue weighted by atomic mass is 16.3. The summed E-state index contributed by atoms with van der Waals surface area (Å²) < 4.78 is 0. The van der Waals surface area contributed by atoms with Gasteiger partial charge >= 0.3 is 0 Å². The van der Waals surface area contributed by atoms with E-state index in [1.165, 1.54) is 56.1 Å². The molecule has 0 aliphatic heterocycles. The smallest absolute Gasteiger partial charge is 0.0583 e. The van der Waals surface area contributed by atoms with Gasteiger partial charge in [-0.25, -0.2) is 0 Å². The fraction of sp³-hybridized carbons (Fsp3) is 0.778. The molecule has 3 aliphatic rings. The highest BCUT2D eigenvalue weighted by molar-refractivity contribution is 5.36. The first-order valence-electron chi connectivity index (χ1n) is 12.2. The predicted molar refractivity (Wildman–Crippen MR) is 123 cm³/mol. The van der Waals surface area contributed by atoms with Gasteiger partial charge < -0.3 is 10.2 Å². The van der Waals surface area contributed by atoms with Gasteiger partial charge in [-0.15, -0.1) is 0 Å². The summed E-state index contributed by atoms with van der Waals surface area (Å²) in [5, 5.41) is 19.3. The molecule has 0 unspecified atom stereocenters. The van der Waals surface area contributed by atoms with E-state index in [0.717, 1.165) is 43.4 Å². The van der Waals surface area contributed by atoms with Gasteiger partial charge in [0.2, 0.25) is 0 Å². The molecule has 0 heterocycles. The summed E-state index contributed by atoms with van der Waals surface area (Å²) in [6.45, 7) is 11.8. The highest BCUT2D eigenvalue weighted by Gasteiger charge is 2.50. The lowest BCUT2D eigenvalue weighted by Gasteiger charge is -2.44. The van der Waals surface area contributed by atoms with E-state index >= 15 is 0 Å². The number of rotatable bonds is 7. The van der Waals surface area contributed by atoms with Gasteiger partial charge in [0.25, 0.3) is 0 Å².